The Morgan fingerprint density at radius 3 is 2.48 bits per heavy atom. The molecule has 1 atom stereocenters. The van der Waals surface area contributed by atoms with Gasteiger partial charge in [0, 0.05) is 26.1 Å². The Kier molecular flexibility index (Phi) is 7.96. The van der Waals surface area contributed by atoms with E-state index in [1.807, 2.05) is 23.1 Å². The van der Waals surface area contributed by atoms with Crippen molar-refractivity contribution in [1.82, 2.24) is 9.80 Å². The molecule has 5 nitrogen and oxygen atoms in total. The van der Waals surface area contributed by atoms with Gasteiger partial charge in [-0.05, 0) is 82.3 Å². The van der Waals surface area contributed by atoms with E-state index >= 15 is 0 Å². The molecule has 0 bridgehead atoms. The normalized spacial score (nSPS) is 24.0. The standard InChI is InChI=1S/C24H38N2O3/c1-20-8-9-22(18-21(20)2)29-19-24(28)11-7-15-26(17-12-24)23(27)10-16-25-13-5-3-4-6-14-25/h8-9,18,28H,3-7,10-17,19H2,1-2H3. The van der Waals surface area contributed by atoms with Crippen molar-refractivity contribution in [2.45, 2.75) is 70.8 Å². The van der Waals surface area contributed by atoms with Gasteiger partial charge in [0.1, 0.15) is 18.0 Å². The van der Waals surface area contributed by atoms with Crippen LogP contribution in [0.1, 0.15) is 62.5 Å². The summed E-state index contributed by atoms with van der Waals surface area (Å²) in [5.41, 5.74) is 1.56. The third-order valence-corrected chi connectivity index (χ3v) is 6.60. The first-order valence-electron chi connectivity index (χ1n) is 11.4. The summed E-state index contributed by atoms with van der Waals surface area (Å²) in [5.74, 6) is 1.03. The Labute approximate surface area is 176 Å². The average molecular weight is 403 g/mol. The minimum atomic E-state index is -0.862. The molecule has 1 aromatic rings. The first-order valence-corrected chi connectivity index (χ1v) is 11.4. The molecule has 0 aromatic heterocycles. The van der Waals surface area contributed by atoms with Gasteiger partial charge in [-0.25, -0.2) is 0 Å². The highest BCUT2D eigenvalue weighted by Crippen LogP contribution is 2.25. The summed E-state index contributed by atoms with van der Waals surface area (Å²) in [7, 11) is 0. The van der Waals surface area contributed by atoms with Crippen LogP contribution in [-0.4, -0.2) is 65.7 Å². The second-order valence-electron chi connectivity index (χ2n) is 9.00. The second-order valence-corrected chi connectivity index (χ2v) is 9.00. The topological polar surface area (TPSA) is 53.0 Å². The maximum Gasteiger partial charge on any atom is 0.223 e. The van der Waals surface area contributed by atoms with E-state index in [2.05, 4.69) is 18.7 Å². The largest absolute Gasteiger partial charge is 0.491 e. The lowest BCUT2D eigenvalue weighted by Gasteiger charge is -2.27. The maximum absolute atomic E-state index is 12.7. The van der Waals surface area contributed by atoms with Gasteiger partial charge >= 0.3 is 0 Å². The minimum Gasteiger partial charge on any atom is -0.491 e. The molecule has 1 aromatic carbocycles. The smallest absolute Gasteiger partial charge is 0.223 e. The van der Waals surface area contributed by atoms with Crippen molar-refractivity contribution >= 4 is 5.91 Å². The molecular formula is C24H38N2O3. The highest BCUT2D eigenvalue weighted by atomic mass is 16.5. The Balaban J connectivity index is 1.45. The summed E-state index contributed by atoms with van der Waals surface area (Å²) in [6, 6.07) is 6.03. The Morgan fingerprint density at radius 1 is 1.00 bits per heavy atom. The van der Waals surface area contributed by atoms with Crippen LogP contribution in [-0.2, 0) is 4.79 Å². The zero-order valence-corrected chi connectivity index (χ0v) is 18.3. The zero-order valence-electron chi connectivity index (χ0n) is 18.3. The van der Waals surface area contributed by atoms with Crippen LogP contribution in [0.25, 0.3) is 0 Å². The van der Waals surface area contributed by atoms with Gasteiger partial charge in [0.15, 0.2) is 0 Å². The number of benzene rings is 1. The minimum absolute atomic E-state index is 0.230. The van der Waals surface area contributed by atoms with Crippen LogP contribution in [0.5, 0.6) is 5.75 Å². The molecule has 0 saturated carbocycles. The van der Waals surface area contributed by atoms with Crippen molar-refractivity contribution in [3.8, 4) is 5.75 Å². The molecule has 1 amide bonds. The molecule has 3 rings (SSSR count). The Hall–Kier alpha value is -1.59. The number of aryl methyl sites for hydroxylation is 2. The van der Waals surface area contributed by atoms with Crippen LogP contribution < -0.4 is 4.74 Å². The Morgan fingerprint density at radius 2 is 1.76 bits per heavy atom. The number of carbonyl (C=O) groups excluding carboxylic acids is 1. The van der Waals surface area contributed by atoms with E-state index in [-0.39, 0.29) is 12.5 Å². The van der Waals surface area contributed by atoms with Crippen molar-refractivity contribution < 1.29 is 14.6 Å². The predicted octanol–water partition coefficient (Wildman–Crippen LogP) is 3.69. The number of amides is 1. The van der Waals surface area contributed by atoms with Crippen LogP contribution in [0.2, 0.25) is 0 Å². The second kappa shape index (κ2) is 10.4. The fourth-order valence-electron chi connectivity index (χ4n) is 4.37. The first kappa shape index (κ1) is 22.1. The van der Waals surface area contributed by atoms with Crippen molar-refractivity contribution in [1.29, 1.82) is 0 Å². The van der Waals surface area contributed by atoms with Gasteiger partial charge in [0.05, 0.1) is 0 Å². The summed E-state index contributed by atoms with van der Waals surface area (Å²) in [6.07, 6.45) is 7.82. The van der Waals surface area contributed by atoms with Crippen LogP contribution in [0.4, 0.5) is 0 Å². The van der Waals surface area contributed by atoms with Gasteiger partial charge in [-0.15, -0.1) is 0 Å². The SMILES string of the molecule is Cc1ccc(OCC2(O)CCCN(C(=O)CCN3CCCCCC3)CC2)cc1C. The van der Waals surface area contributed by atoms with E-state index in [0.29, 0.717) is 25.8 Å². The number of ether oxygens (including phenoxy) is 1. The number of aliphatic hydroxyl groups is 1. The van der Waals surface area contributed by atoms with Crippen molar-refractivity contribution in [2.75, 3.05) is 39.3 Å². The fraction of sp³-hybridized carbons (Fsp3) is 0.708. The van der Waals surface area contributed by atoms with Crippen LogP contribution >= 0.6 is 0 Å². The average Bonchev–Trinajstić information content (AvgIpc) is 3.08. The zero-order chi connectivity index (χ0) is 20.7. The molecule has 0 radical (unpaired) electrons. The number of carbonyl (C=O) groups is 1. The summed E-state index contributed by atoms with van der Waals surface area (Å²) < 4.78 is 5.91. The van der Waals surface area contributed by atoms with Crippen LogP contribution in [0.15, 0.2) is 18.2 Å². The molecule has 2 fully saturated rings. The van der Waals surface area contributed by atoms with Crippen LogP contribution in [0, 0.1) is 13.8 Å². The van der Waals surface area contributed by atoms with E-state index in [9.17, 15) is 9.90 Å². The highest BCUT2D eigenvalue weighted by Gasteiger charge is 2.32. The van der Waals surface area contributed by atoms with Gasteiger partial charge in [-0.1, -0.05) is 18.9 Å². The third-order valence-electron chi connectivity index (χ3n) is 6.60. The predicted molar refractivity (Wildman–Crippen MR) is 116 cm³/mol. The summed E-state index contributed by atoms with van der Waals surface area (Å²) in [4.78, 5) is 17.1. The van der Waals surface area contributed by atoms with E-state index < -0.39 is 5.60 Å². The summed E-state index contributed by atoms with van der Waals surface area (Å²) >= 11 is 0. The summed E-state index contributed by atoms with van der Waals surface area (Å²) in [5, 5.41) is 11.0. The molecule has 0 spiro atoms. The number of likely N-dealkylation sites (tertiary alicyclic amines) is 2. The van der Waals surface area contributed by atoms with Gasteiger partial charge in [0.2, 0.25) is 5.91 Å². The van der Waals surface area contributed by atoms with Gasteiger partial charge in [-0.3, -0.25) is 4.79 Å². The molecule has 5 heteroatoms. The molecule has 2 aliphatic rings. The number of nitrogens with zero attached hydrogens (tertiary/aromatic N) is 2. The lowest BCUT2D eigenvalue weighted by Crippen LogP contribution is -2.39. The van der Waals surface area contributed by atoms with E-state index in [1.54, 1.807) is 0 Å². The number of hydrogen-bond donors (Lipinski definition) is 1. The number of rotatable bonds is 6. The molecule has 162 valence electrons. The van der Waals surface area contributed by atoms with Crippen molar-refractivity contribution in [2.24, 2.45) is 0 Å². The fourth-order valence-corrected chi connectivity index (χ4v) is 4.37. The van der Waals surface area contributed by atoms with E-state index in [0.717, 1.165) is 38.3 Å². The van der Waals surface area contributed by atoms with Gasteiger partial charge in [0.25, 0.3) is 0 Å². The lowest BCUT2D eigenvalue weighted by atomic mass is 9.96. The molecule has 2 heterocycles. The number of hydrogen-bond acceptors (Lipinski definition) is 4. The molecule has 2 saturated heterocycles. The van der Waals surface area contributed by atoms with E-state index in [1.165, 1.54) is 36.8 Å². The molecule has 1 unspecified atom stereocenters. The highest BCUT2D eigenvalue weighted by molar-refractivity contribution is 5.76. The van der Waals surface area contributed by atoms with Crippen LogP contribution in [0.3, 0.4) is 0 Å². The molecule has 29 heavy (non-hydrogen) atoms. The van der Waals surface area contributed by atoms with Crippen molar-refractivity contribution in [3.05, 3.63) is 29.3 Å². The Bertz CT molecular complexity index is 670. The van der Waals surface area contributed by atoms with Gasteiger partial charge in [-0.2, -0.15) is 0 Å². The summed E-state index contributed by atoms with van der Waals surface area (Å²) in [6.45, 7) is 8.91. The van der Waals surface area contributed by atoms with Gasteiger partial charge < -0.3 is 19.6 Å². The molecular weight excluding hydrogens is 364 g/mol. The molecule has 1 N–H and O–H groups in total. The monoisotopic (exact) mass is 402 g/mol. The quantitative estimate of drug-likeness (QED) is 0.788. The maximum atomic E-state index is 12.7. The first-order chi connectivity index (χ1) is 14.0. The molecule has 0 aliphatic carbocycles. The van der Waals surface area contributed by atoms with Crippen molar-refractivity contribution in [3.63, 3.8) is 0 Å². The molecule has 2 aliphatic heterocycles. The van der Waals surface area contributed by atoms with E-state index in [4.69, 9.17) is 4.74 Å². The lowest BCUT2D eigenvalue weighted by molar-refractivity contribution is -0.131. The third kappa shape index (κ3) is 6.71.